The summed E-state index contributed by atoms with van der Waals surface area (Å²) < 4.78 is 22.0. The van der Waals surface area contributed by atoms with Gasteiger partial charge >= 0.3 is 7.82 Å². The van der Waals surface area contributed by atoms with Crippen LogP contribution in [0, 0.1) is 0 Å². The van der Waals surface area contributed by atoms with Crippen LogP contribution in [0.2, 0.25) is 0 Å². The molecule has 51 heavy (non-hydrogen) atoms. The number of hydrogen-bond acceptors (Lipinski definition) is 7. The van der Waals surface area contributed by atoms with Gasteiger partial charge in [-0.25, -0.2) is 4.57 Å². The maximum absolute atomic E-state index is 12.8. The maximum Gasteiger partial charge on any atom is 0.472 e. The molecule has 0 bridgehead atoms. The lowest BCUT2D eigenvalue weighted by atomic mass is 10.0. The molecule has 0 aromatic heterocycles. The van der Waals surface area contributed by atoms with Crippen LogP contribution in [0.1, 0.15) is 194 Å². The predicted molar refractivity (Wildman–Crippen MR) is 214 cm³/mol. The fourth-order valence-corrected chi connectivity index (χ4v) is 6.88. The summed E-state index contributed by atoms with van der Waals surface area (Å²) in [5.41, 5.74) is 5.35. The fraction of sp³-hybridized carbons (Fsp3) is 0.878. The van der Waals surface area contributed by atoms with Gasteiger partial charge in [0, 0.05) is 6.54 Å². The third-order valence-electron chi connectivity index (χ3n) is 9.33. The van der Waals surface area contributed by atoms with Crippen LogP contribution in [0.3, 0.4) is 0 Å². The molecule has 4 unspecified atom stereocenters. The van der Waals surface area contributed by atoms with Crippen molar-refractivity contribution >= 4 is 13.7 Å². The Hall–Kier alpha value is -1.06. The summed E-state index contributed by atoms with van der Waals surface area (Å²) >= 11 is 0. The van der Waals surface area contributed by atoms with Gasteiger partial charge < -0.3 is 26.2 Å². The Balaban J connectivity index is 4.37. The van der Waals surface area contributed by atoms with E-state index in [1.807, 2.05) is 6.08 Å². The molecule has 0 fully saturated rings. The van der Waals surface area contributed by atoms with E-state index < -0.39 is 38.6 Å². The van der Waals surface area contributed by atoms with Gasteiger partial charge in [0.2, 0.25) is 5.91 Å². The van der Waals surface area contributed by atoms with E-state index in [0.29, 0.717) is 6.42 Å². The smallest absolute Gasteiger partial charge is 0.393 e. The van der Waals surface area contributed by atoms with Crippen LogP contribution in [0.5, 0.6) is 0 Å². The van der Waals surface area contributed by atoms with E-state index in [-0.39, 0.29) is 19.6 Å². The summed E-state index contributed by atoms with van der Waals surface area (Å²) in [6, 6.07) is -0.987. The average molecular weight is 745 g/mol. The van der Waals surface area contributed by atoms with Crippen LogP contribution in [0.4, 0.5) is 0 Å². The monoisotopic (exact) mass is 745 g/mol. The molecule has 4 atom stereocenters. The number of phosphoric ester groups is 1. The normalized spacial score (nSPS) is 15.0. The lowest BCUT2D eigenvalue weighted by Crippen LogP contribution is -2.46. The maximum atomic E-state index is 12.8. The van der Waals surface area contributed by atoms with Crippen molar-refractivity contribution in [2.24, 2.45) is 5.73 Å². The Labute approximate surface area is 313 Å². The number of aliphatic hydroxyl groups is 2. The second-order valence-corrected chi connectivity index (χ2v) is 15.8. The third-order valence-corrected chi connectivity index (χ3v) is 10.3. The summed E-state index contributed by atoms with van der Waals surface area (Å²) in [4.78, 5) is 22.7. The van der Waals surface area contributed by atoms with Crippen molar-refractivity contribution in [3.63, 3.8) is 0 Å². The molecule has 0 spiro atoms. The predicted octanol–water partition coefficient (Wildman–Crippen LogP) is 10.4. The molecule has 0 aliphatic rings. The number of allylic oxidation sites excluding steroid dienone is 3. The molecule has 0 aromatic rings. The first-order chi connectivity index (χ1) is 24.8. The zero-order chi connectivity index (χ0) is 37.7. The Kier molecular flexibility index (Phi) is 36.5. The number of nitrogens with one attached hydrogen (secondary N) is 1. The van der Waals surface area contributed by atoms with E-state index in [2.05, 4.69) is 31.3 Å². The molecule has 0 rings (SSSR count). The second-order valence-electron chi connectivity index (χ2n) is 14.4. The lowest BCUT2D eigenvalue weighted by molar-refractivity contribution is -0.124. The Morgan fingerprint density at radius 2 is 1.10 bits per heavy atom. The van der Waals surface area contributed by atoms with Crippen molar-refractivity contribution in [1.29, 1.82) is 0 Å². The van der Waals surface area contributed by atoms with E-state index >= 15 is 0 Å². The SMILES string of the molecule is CCCCCCCC/C=C\CCCC(O)CC(=O)NC(COP(=O)(O)OCCN)C(O)/C=C/CCCCCCCCCCCCCCCCCC. The van der Waals surface area contributed by atoms with Gasteiger partial charge in [-0.05, 0) is 44.9 Å². The summed E-state index contributed by atoms with van der Waals surface area (Å²) in [5, 5.41) is 23.9. The molecule has 0 saturated carbocycles. The molecule has 6 N–H and O–H groups in total. The molecule has 302 valence electrons. The van der Waals surface area contributed by atoms with Gasteiger partial charge in [-0.3, -0.25) is 13.8 Å². The van der Waals surface area contributed by atoms with Gasteiger partial charge in [0.15, 0.2) is 0 Å². The van der Waals surface area contributed by atoms with Crippen LogP contribution in [0.25, 0.3) is 0 Å². The lowest BCUT2D eigenvalue weighted by Gasteiger charge is -2.24. The number of phosphoric acid groups is 1. The average Bonchev–Trinajstić information content (AvgIpc) is 3.10. The van der Waals surface area contributed by atoms with Gasteiger partial charge in [0.1, 0.15) is 0 Å². The minimum atomic E-state index is -4.40. The third kappa shape index (κ3) is 35.7. The number of unbranched alkanes of at least 4 members (excludes halogenated alkanes) is 23. The molecule has 9 nitrogen and oxygen atoms in total. The van der Waals surface area contributed by atoms with Gasteiger partial charge in [0.25, 0.3) is 0 Å². The largest absolute Gasteiger partial charge is 0.472 e. The highest BCUT2D eigenvalue weighted by Gasteiger charge is 2.27. The van der Waals surface area contributed by atoms with E-state index in [1.165, 1.54) is 128 Å². The molecular weight excluding hydrogens is 663 g/mol. The summed E-state index contributed by atoms with van der Waals surface area (Å²) in [5.74, 6) is -0.462. The number of nitrogens with two attached hydrogens (primary N) is 1. The van der Waals surface area contributed by atoms with E-state index in [0.717, 1.165) is 38.5 Å². The number of carbonyl (C=O) groups excluding carboxylic acids is 1. The van der Waals surface area contributed by atoms with Crippen LogP contribution in [-0.2, 0) is 18.4 Å². The standard InChI is InChI=1S/C41H81N2O7P/c1-3-5-7-9-11-13-15-16-17-18-19-20-21-23-25-27-29-31-33-40(45)39(37-50-51(47,48)49-35-34-42)43-41(46)36-38(44)32-30-28-26-24-22-14-12-10-8-6-4-2/h24,26,31,33,38-40,44-45H,3-23,25,27-30,32,34-37,42H2,1-2H3,(H,43,46)(H,47,48)/b26-24-,33-31+. The molecule has 0 aliphatic carbocycles. The van der Waals surface area contributed by atoms with Crippen molar-refractivity contribution in [2.45, 2.75) is 212 Å². The van der Waals surface area contributed by atoms with Crippen LogP contribution in [0.15, 0.2) is 24.3 Å². The van der Waals surface area contributed by atoms with E-state index in [1.54, 1.807) is 6.08 Å². The first-order valence-corrected chi connectivity index (χ1v) is 22.5. The van der Waals surface area contributed by atoms with Crippen molar-refractivity contribution in [3.05, 3.63) is 24.3 Å². The van der Waals surface area contributed by atoms with Crippen LogP contribution < -0.4 is 11.1 Å². The molecule has 0 aromatic carbocycles. The highest BCUT2D eigenvalue weighted by atomic mass is 31.2. The van der Waals surface area contributed by atoms with Crippen molar-refractivity contribution in [3.8, 4) is 0 Å². The van der Waals surface area contributed by atoms with Gasteiger partial charge in [0.05, 0.1) is 37.9 Å². The minimum absolute atomic E-state index is 0.0472. The zero-order valence-electron chi connectivity index (χ0n) is 33.0. The van der Waals surface area contributed by atoms with Crippen LogP contribution >= 0.6 is 7.82 Å². The number of aliphatic hydroxyl groups excluding tert-OH is 2. The highest BCUT2D eigenvalue weighted by molar-refractivity contribution is 7.47. The van der Waals surface area contributed by atoms with Gasteiger partial charge in [-0.1, -0.05) is 167 Å². The summed E-state index contributed by atoms with van der Waals surface area (Å²) in [7, 11) is -4.40. The first kappa shape index (κ1) is 49.9. The number of carbonyl (C=O) groups is 1. The fourth-order valence-electron chi connectivity index (χ4n) is 6.12. The van der Waals surface area contributed by atoms with Crippen molar-refractivity contribution in [1.82, 2.24) is 5.32 Å². The molecule has 0 heterocycles. The Bertz CT molecular complexity index is 873. The molecule has 0 radical (unpaired) electrons. The topological polar surface area (TPSA) is 151 Å². The first-order valence-electron chi connectivity index (χ1n) is 21.0. The number of amides is 1. The molecule has 10 heteroatoms. The quantitative estimate of drug-likeness (QED) is 0.0237. The number of hydrogen-bond donors (Lipinski definition) is 5. The molecule has 0 saturated heterocycles. The van der Waals surface area contributed by atoms with E-state index in [4.69, 9.17) is 14.8 Å². The number of rotatable bonds is 39. The zero-order valence-corrected chi connectivity index (χ0v) is 33.9. The molecule has 0 aliphatic heterocycles. The van der Waals surface area contributed by atoms with Gasteiger partial charge in [-0.15, -0.1) is 0 Å². The molecular formula is C41H81N2O7P. The second kappa shape index (κ2) is 37.3. The van der Waals surface area contributed by atoms with E-state index in [9.17, 15) is 24.5 Å². The molecule has 1 amide bonds. The Morgan fingerprint density at radius 1 is 0.667 bits per heavy atom. The van der Waals surface area contributed by atoms with Crippen molar-refractivity contribution in [2.75, 3.05) is 19.8 Å². The highest BCUT2D eigenvalue weighted by Crippen LogP contribution is 2.43. The summed E-state index contributed by atoms with van der Waals surface area (Å²) in [6.07, 6.45) is 38.4. The Morgan fingerprint density at radius 3 is 1.57 bits per heavy atom. The minimum Gasteiger partial charge on any atom is -0.393 e. The van der Waals surface area contributed by atoms with Gasteiger partial charge in [-0.2, -0.15) is 0 Å². The van der Waals surface area contributed by atoms with Crippen molar-refractivity contribution < 1.29 is 33.5 Å². The summed E-state index contributed by atoms with van der Waals surface area (Å²) in [6.45, 7) is 3.94. The van der Waals surface area contributed by atoms with Crippen LogP contribution in [-0.4, -0.2) is 59.0 Å².